The SMILES string of the molecule is COc1ccc2[nH]cc(C3CCN(C(=O)CCNC(=O)c4ccc(F)cc4Cl)CC3)c2c1. The molecule has 0 saturated carbocycles. The Kier molecular flexibility index (Phi) is 6.65. The van der Waals surface area contributed by atoms with E-state index in [2.05, 4.69) is 22.6 Å². The number of H-pyrrole nitrogens is 1. The minimum atomic E-state index is -0.503. The number of benzene rings is 2. The van der Waals surface area contributed by atoms with E-state index >= 15 is 0 Å². The van der Waals surface area contributed by atoms with Gasteiger partial charge in [0.25, 0.3) is 5.91 Å². The molecule has 2 aromatic carbocycles. The summed E-state index contributed by atoms with van der Waals surface area (Å²) in [5.41, 5.74) is 2.53. The van der Waals surface area contributed by atoms with Gasteiger partial charge >= 0.3 is 0 Å². The van der Waals surface area contributed by atoms with Gasteiger partial charge in [0.05, 0.1) is 17.7 Å². The molecule has 1 fully saturated rings. The van der Waals surface area contributed by atoms with Gasteiger partial charge < -0.3 is 19.9 Å². The molecule has 6 nitrogen and oxygen atoms in total. The molecule has 32 heavy (non-hydrogen) atoms. The van der Waals surface area contributed by atoms with Crippen LogP contribution in [-0.2, 0) is 4.79 Å². The van der Waals surface area contributed by atoms with Crippen molar-refractivity contribution in [2.75, 3.05) is 26.7 Å². The molecule has 1 saturated heterocycles. The zero-order valence-corrected chi connectivity index (χ0v) is 18.5. The predicted octanol–water partition coefficient (Wildman–Crippen LogP) is 4.50. The number of methoxy groups -OCH3 is 1. The van der Waals surface area contributed by atoms with Gasteiger partial charge in [0.1, 0.15) is 11.6 Å². The highest BCUT2D eigenvalue weighted by Crippen LogP contribution is 2.34. The Morgan fingerprint density at radius 1 is 1.22 bits per heavy atom. The highest BCUT2D eigenvalue weighted by atomic mass is 35.5. The minimum absolute atomic E-state index is 0.00884. The van der Waals surface area contributed by atoms with E-state index in [1.165, 1.54) is 17.7 Å². The van der Waals surface area contributed by atoms with Gasteiger partial charge in [-0.05, 0) is 60.7 Å². The second-order valence-corrected chi connectivity index (χ2v) is 8.35. The molecule has 1 aromatic heterocycles. The number of ether oxygens (including phenoxy) is 1. The summed E-state index contributed by atoms with van der Waals surface area (Å²) in [7, 11) is 1.66. The fourth-order valence-corrected chi connectivity index (χ4v) is 4.49. The minimum Gasteiger partial charge on any atom is -0.497 e. The summed E-state index contributed by atoms with van der Waals surface area (Å²) in [6, 6.07) is 9.61. The van der Waals surface area contributed by atoms with E-state index < -0.39 is 11.7 Å². The molecule has 2 amide bonds. The lowest BCUT2D eigenvalue weighted by Gasteiger charge is -2.32. The van der Waals surface area contributed by atoms with E-state index in [1.807, 2.05) is 17.0 Å². The van der Waals surface area contributed by atoms with Crippen LogP contribution in [0.25, 0.3) is 10.9 Å². The number of nitrogens with zero attached hydrogens (tertiary/aromatic N) is 1. The maximum Gasteiger partial charge on any atom is 0.252 e. The largest absolute Gasteiger partial charge is 0.497 e. The monoisotopic (exact) mass is 457 g/mol. The second-order valence-electron chi connectivity index (χ2n) is 7.94. The molecule has 1 aliphatic heterocycles. The van der Waals surface area contributed by atoms with Gasteiger partial charge in [-0.25, -0.2) is 4.39 Å². The van der Waals surface area contributed by atoms with Crippen molar-refractivity contribution in [3.63, 3.8) is 0 Å². The van der Waals surface area contributed by atoms with E-state index in [1.54, 1.807) is 7.11 Å². The van der Waals surface area contributed by atoms with Crippen LogP contribution < -0.4 is 10.1 Å². The first-order valence-corrected chi connectivity index (χ1v) is 11.0. The Hall–Kier alpha value is -3.06. The topological polar surface area (TPSA) is 74.4 Å². The number of carbonyl (C=O) groups is 2. The quantitative estimate of drug-likeness (QED) is 0.572. The van der Waals surface area contributed by atoms with Gasteiger partial charge in [0, 0.05) is 43.2 Å². The molecule has 3 aromatic rings. The van der Waals surface area contributed by atoms with Crippen LogP contribution in [0.3, 0.4) is 0 Å². The van der Waals surface area contributed by atoms with Crippen molar-refractivity contribution >= 4 is 34.3 Å². The van der Waals surface area contributed by atoms with Crippen molar-refractivity contribution in [2.45, 2.75) is 25.2 Å². The maximum atomic E-state index is 13.1. The van der Waals surface area contributed by atoms with Crippen LogP contribution in [0.5, 0.6) is 5.75 Å². The number of piperidine rings is 1. The number of hydrogen-bond donors (Lipinski definition) is 2. The summed E-state index contributed by atoms with van der Waals surface area (Å²) >= 11 is 5.91. The Labute approximate surface area is 190 Å². The number of halogens is 2. The lowest BCUT2D eigenvalue weighted by Crippen LogP contribution is -2.39. The van der Waals surface area contributed by atoms with Crippen LogP contribution in [0, 0.1) is 5.82 Å². The molecule has 0 bridgehead atoms. The van der Waals surface area contributed by atoms with Crippen molar-refractivity contribution < 1.29 is 18.7 Å². The Balaban J connectivity index is 1.28. The zero-order chi connectivity index (χ0) is 22.7. The Morgan fingerprint density at radius 3 is 2.72 bits per heavy atom. The standard InChI is InChI=1S/C24H25ClFN3O3/c1-32-17-3-5-22-19(13-17)20(14-28-22)15-7-10-29(11-8-15)23(30)6-9-27-24(31)18-4-2-16(26)12-21(18)25/h2-5,12-15,28H,6-11H2,1H3,(H,27,31). The van der Waals surface area contributed by atoms with E-state index in [9.17, 15) is 14.0 Å². The van der Waals surface area contributed by atoms with Crippen molar-refractivity contribution in [1.82, 2.24) is 15.2 Å². The van der Waals surface area contributed by atoms with Crippen LogP contribution >= 0.6 is 11.6 Å². The first kappa shape index (κ1) is 22.1. The second kappa shape index (κ2) is 9.61. The lowest BCUT2D eigenvalue weighted by atomic mass is 9.89. The van der Waals surface area contributed by atoms with Gasteiger partial charge in [-0.2, -0.15) is 0 Å². The number of hydrogen-bond acceptors (Lipinski definition) is 3. The van der Waals surface area contributed by atoms with E-state index in [-0.39, 0.29) is 29.5 Å². The van der Waals surface area contributed by atoms with Crippen LogP contribution in [0.2, 0.25) is 5.02 Å². The highest BCUT2D eigenvalue weighted by molar-refractivity contribution is 6.33. The zero-order valence-electron chi connectivity index (χ0n) is 17.8. The number of likely N-dealkylation sites (tertiary alicyclic amines) is 1. The average molecular weight is 458 g/mol. The molecule has 168 valence electrons. The van der Waals surface area contributed by atoms with Crippen molar-refractivity contribution in [1.29, 1.82) is 0 Å². The third-order valence-corrected chi connectivity index (χ3v) is 6.32. The number of carbonyl (C=O) groups excluding carboxylic acids is 2. The van der Waals surface area contributed by atoms with Gasteiger partial charge in [-0.1, -0.05) is 11.6 Å². The van der Waals surface area contributed by atoms with E-state index in [0.29, 0.717) is 19.0 Å². The molecule has 0 unspecified atom stereocenters. The molecule has 2 N–H and O–H groups in total. The molecule has 1 aliphatic rings. The molecule has 2 heterocycles. The molecule has 4 rings (SSSR count). The van der Waals surface area contributed by atoms with Gasteiger partial charge in [0.15, 0.2) is 0 Å². The normalized spacial score (nSPS) is 14.5. The molecule has 0 spiro atoms. The highest BCUT2D eigenvalue weighted by Gasteiger charge is 2.25. The summed E-state index contributed by atoms with van der Waals surface area (Å²) in [6.07, 6.45) is 4.03. The molecule has 0 aliphatic carbocycles. The Bertz CT molecular complexity index is 1140. The third-order valence-electron chi connectivity index (χ3n) is 6.01. The lowest BCUT2D eigenvalue weighted by molar-refractivity contribution is -0.132. The van der Waals surface area contributed by atoms with Crippen molar-refractivity contribution in [2.24, 2.45) is 0 Å². The molecular formula is C24H25ClFN3O3. The summed E-state index contributed by atoms with van der Waals surface area (Å²) in [5.74, 6) is 0.290. The fraction of sp³-hybridized carbons (Fsp3) is 0.333. The average Bonchev–Trinajstić information content (AvgIpc) is 3.22. The van der Waals surface area contributed by atoms with Crippen LogP contribution in [0.4, 0.5) is 4.39 Å². The summed E-state index contributed by atoms with van der Waals surface area (Å²) in [4.78, 5) is 30.0. The van der Waals surface area contributed by atoms with Gasteiger partial charge in [-0.15, -0.1) is 0 Å². The van der Waals surface area contributed by atoms with E-state index in [4.69, 9.17) is 16.3 Å². The van der Waals surface area contributed by atoms with Gasteiger partial charge in [-0.3, -0.25) is 9.59 Å². The van der Waals surface area contributed by atoms with Crippen molar-refractivity contribution in [3.05, 3.63) is 64.6 Å². The first-order valence-electron chi connectivity index (χ1n) is 10.6. The first-order chi connectivity index (χ1) is 15.5. The molecule has 0 atom stereocenters. The number of aromatic nitrogens is 1. The van der Waals surface area contributed by atoms with E-state index in [0.717, 1.165) is 35.6 Å². The van der Waals surface area contributed by atoms with Gasteiger partial charge in [0.2, 0.25) is 5.91 Å². The summed E-state index contributed by atoms with van der Waals surface area (Å²) < 4.78 is 18.5. The smallest absolute Gasteiger partial charge is 0.252 e. The number of nitrogens with one attached hydrogen (secondary N) is 2. The summed E-state index contributed by atoms with van der Waals surface area (Å²) in [5, 5.41) is 3.89. The molecule has 0 radical (unpaired) electrons. The number of fused-ring (bicyclic) bond motifs is 1. The number of amides is 2. The fourth-order valence-electron chi connectivity index (χ4n) is 4.24. The predicted molar refractivity (Wildman–Crippen MR) is 122 cm³/mol. The molecule has 8 heteroatoms. The van der Waals surface area contributed by atoms with Crippen LogP contribution in [0.1, 0.15) is 41.1 Å². The Morgan fingerprint density at radius 2 is 2.00 bits per heavy atom. The molecular weight excluding hydrogens is 433 g/mol. The maximum absolute atomic E-state index is 13.1. The van der Waals surface area contributed by atoms with Crippen LogP contribution in [-0.4, -0.2) is 48.4 Å². The van der Waals surface area contributed by atoms with Crippen molar-refractivity contribution in [3.8, 4) is 5.75 Å². The third kappa shape index (κ3) is 4.72. The van der Waals surface area contributed by atoms with Crippen LogP contribution in [0.15, 0.2) is 42.6 Å². The number of aromatic amines is 1. The number of rotatable bonds is 6. The summed E-state index contributed by atoms with van der Waals surface area (Å²) in [6.45, 7) is 1.56.